The Labute approximate surface area is 60.9 Å². The maximum Gasteiger partial charge on any atom is 0.157 e. The first-order valence-electron chi connectivity index (χ1n) is 3.58. The molecule has 0 spiro atoms. The molecule has 0 aromatic heterocycles. The minimum Gasteiger partial charge on any atom is -0.381 e. The van der Waals surface area contributed by atoms with Gasteiger partial charge in [-0.3, -0.25) is 0 Å². The molecule has 2 unspecified atom stereocenters. The first kappa shape index (κ1) is 7.98. The van der Waals surface area contributed by atoms with Gasteiger partial charge in [0, 0.05) is 13.5 Å². The third-order valence-electron chi connectivity index (χ3n) is 1.78. The molecule has 1 rings (SSSR count). The second-order valence-corrected chi connectivity index (χ2v) is 2.73. The largest absolute Gasteiger partial charge is 0.381 e. The Morgan fingerprint density at radius 2 is 2.20 bits per heavy atom. The van der Waals surface area contributed by atoms with E-state index in [2.05, 4.69) is 0 Å². The lowest BCUT2D eigenvalue weighted by Crippen LogP contribution is -2.34. The van der Waals surface area contributed by atoms with E-state index in [4.69, 9.17) is 14.6 Å². The fourth-order valence-electron chi connectivity index (χ4n) is 1.26. The van der Waals surface area contributed by atoms with Crippen LogP contribution < -0.4 is 0 Å². The number of ether oxygens (including phenoxy) is 2. The van der Waals surface area contributed by atoms with E-state index in [0.717, 1.165) is 6.42 Å². The number of rotatable bonds is 1. The van der Waals surface area contributed by atoms with Gasteiger partial charge in [0.1, 0.15) is 0 Å². The summed E-state index contributed by atoms with van der Waals surface area (Å²) in [5.41, 5.74) is 0. The molecule has 1 aliphatic heterocycles. The zero-order valence-electron chi connectivity index (χ0n) is 6.41. The zero-order chi connectivity index (χ0) is 7.56. The number of hydrogen-bond acceptors (Lipinski definition) is 3. The lowest BCUT2D eigenvalue weighted by atomic mass is 10.1. The van der Waals surface area contributed by atoms with Crippen molar-refractivity contribution < 1.29 is 14.6 Å². The summed E-state index contributed by atoms with van der Waals surface area (Å²) in [6.07, 6.45) is 1.13. The average Bonchev–Trinajstić information content (AvgIpc) is 1.85. The Kier molecular flexibility index (Phi) is 2.65. The molecule has 1 aliphatic rings. The summed E-state index contributed by atoms with van der Waals surface area (Å²) in [4.78, 5) is 0. The lowest BCUT2D eigenvalue weighted by Gasteiger charge is -2.29. The molecule has 60 valence electrons. The SMILES string of the molecule is COC1CC(C)O[C@@H](O)C1. The highest BCUT2D eigenvalue weighted by Crippen LogP contribution is 2.19. The van der Waals surface area contributed by atoms with Gasteiger partial charge in [-0.2, -0.15) is 0 Å². The van der Waals surface area contributed by atoms with Gasteiger partial charge in [-0.05, 0) is 13.3 Å². The van der Waals surface area contributed by atoms with Crippen LogP contribution in [0, 0.1) is 0 Å². The van der Waals surface area contributed by atoms with Crippen LogP contribution in [0.4, 0.5) is 0 Å². The number of methoxy groups -OCH3 is 1. The van der Waals surface area contributed by atoms with Crippen molar-refractivity contribution in [2.75, 3.05) is 7.11 Å². The molecule has 3 nitrogen and oxygen atoms in total. The zero-order valence-corrected chi connectivity index (χ0v) is 6.41. The molecule has 0 aromatic rings. The Bertz CT molecular complexity index is 95.0. The normalized spacial score (nSPS) is 41.7. The van der Waals surface area contributed by atoms with Gasteiger partial charge >= 0.3 is 0 Å². The van der Waals surface area contributed by atoms with Crippen molar-refractivity contribution in [3.05, 3.63) is 0 Å². The molecule has 1 heterocycles. The van der Waals surface area contributed by atoms with E-state index in [-0.39, 0.29) is 12.2 Å². The molecule has 0 saturated carbocycles. The molecule has 0 aromatic carbocycles. The maximum atomic E-state index is 9.08. The molecule has 1 saturated heterocycles. The summed E-state index contributed by atoms with van der Waals surface area (Å²) >= 11 is 0. The maximum absolute atomic E-state index is 9.08. The second kappa shape index (κ2) is 3.32. The molecule has 0 amide bonds. The summed E-state index contributed by atoms with van der Waals surface area (Å²) < 4.78 is 10.2. The van der Waals surface area contributed by atoms with Gasteiger partial charge in [-0.1, -0.05) is 0 Å². The summed E-state index contributed by atoms with van der Waals surface area (Å²) in [7, 11) is 1.66. The van der Waals surface area contributed by atoms with Crippen LogP contribution in [0.5, 0.6) is 0 Å². The van der Waals surface area contributed by atoms with Crippen LogP contribution >= 0.6 is 0 Å². The Balaban J connectivity index is 2.35. The van der Waals surface area contributed by atoms with Gasteiger partial charge in [-0.15, -0.1) is 0 Å². The third-order valence-corrected chi connectivity index (χ3v) is 1.78. The van der Waals surface area contributed by atoms with Gasteiger partial charge in [0.15, 0.2) is 6.29 Å². The third kappa shape index (κ3) is 1.94. The van der Waals surface area contributed by atoms with E-state index < -0.39 is 6.29 Å². The van der Waals surface area contributed by atoms with E-state index in [1.54, 1.807) is 7.11 Å². The fourth-order valence-corrected chi connectivity index (χ4v) is 1.26. The van der Waals surface area contributed by atoms with Crippen molar-refractivity contribution in [1.29, 1.82) is 0 Å². The molecule has 1 fully saturated rings. The molecule has 0 aliphatic carbocycles. The highest BCUT2D eigenvalue weighted by molar-refractivity contribution is 4.69. The Hall–Kier alpha value is -0.120. The molecule has 0 radical (unpaired) electrons. The fraction of sp³-hybridized carbons (Fsp3) is 1.00. The van der Waals surface area contributed by atoms with Gasteiger partial charge in [0.2, 0.25) is 0 Å². The smallest absolute Gasteiger partial charge is 0.157 e. The van der Waals surface area contributed by atoms with E-state index in [1.165, 1.54) is 0 Å². The topological polar surface area (TPSA) is 38.7 Å². The van der Waals surface area contributed by atoms with Gasteiger partial charge in [-0.25, -0.2) is 0 Å². The first-order valence-corrected chi connectivity index (χ1v) is 3.58. The van der Waals surface area contributed by atoms with E-state index in [0.29, 0.717) is 6.42 Å². The van der Waals surface area contributed by atoms with Gasteiger partial charge < -0.3 is 14.6 Å². The summed E-state index contributed by atoms with van der Waals surface area (Å²) in [5.74, 6) is 0. The molecule has 10 heavy (non-hydrogen) atoms. The van der Waals surface area contributed by atoms with Crippen LogP contribution in [0.3, 0.4) is 0 Å². The number of aliphatic hydroxyl groups excluding tert-OH is 1. The van der Waals surface area contributed by atoms with Crippen LogP contribution in [0.25, 0.3) is 0 Å². The molecule has 1 N–H and O–H groups in total. The average molecular weight is 146 g/mol. The molecule has 3 heteroatoms. The molecular weight excluding hydrogens is 132 g/mol. The molecule has 0 bridgehead atoms. The monoisotopic (exact) mass is 146 g/mol. The minimum atomic E-state index is -0.631. The Morgan fingerprint density at radius 1 is 1.50 bits per heavy atom. The van der Waals surface area contributed by atoms with Crippen molar-refractivity contribution >= 4 is 0 Å². The van der Waals surface area contributed by atoms with Crippen LogP contribution in [0.15, 0.2) is 0 Å². The minimum absolute atomic E-state index is 0.119. The highest BCUT2D eigenvalue weighted by atomic mass is 16.6. The van der Waals surface area contributed by atoms with E-state index in [9.17, 15) is 0 Å². The summed E-state index contributed by atoms with van der Waals surface area (Å²) in [5, 5.41) is 9.08. The second-order valence-electron chi connectivity index (χ2n) is 2.73. The Morgan fingerprint density at radius 3 is 2.70 bits per heavy atom. The van der Waals surface area contributed by atoms with E-state index >= 15 is 0 Å². The summed E-state index contributed by atoms with van der Waals surface area (Å²) in [6, 6.07) is 0. The van der Waals surface area contributed by atoms with Crippen LogP contribution in [-0.4, -0.2) is 30.7 Å². The highest BCUT2D eigenvalue weighted by Gasteiger charge is 2.24. The summed E-state index contributed by atoms with van der Waals surface area (Å²) in [6.45, 7) is 1.94. The van der Waals surface area contributed by atoms with Gasteiger partial charge in [0.05, 0.1) is 12.2 Å². The quantitative estimate of drug-likeness (QED) is 0.586. The van der Waals surface area contributed by atoms with Crippen LogP contribution in [0.1, 0.15) is 19.8 Å². The molecular formula is C7H14O3. The van der Waals surface area contributed by atoms with Crippen molar-refractivity contribution in [2.24, 2.45) is 0 Å². The van der Waals surface area contributed by atoms with Crippen LogP contribution in [-0.2, 0) is 9.47 Å². The standard InChI is InChI=1S/C7H14O3/c1-5-3-6(9-2)4-7(8)10-5/h5-8H,3-4H2,1-2H3/t5?,6?,7-/m1/s1. The number of hydrogen-bond donors (Lipinski definition) is 1. The lowest BCUT2D eigenvalue weighted by molar-refractivity contribution is -0.188. The van der Waals surface area contributed by atoms with Crippen molar-refractivity contribution in [1.82, 2.24) is 0 Å². The van der Waals surface area contributed by atoms with Crippen LogP contribution in [0.2, 0.25) is 0 Å². The predicted octanol–water partition coefficient (Wildman–Crippen LogP) is 0.519. The van der Waals surface area contributed by atoms with E-state index in [1.807, 2.05) is 6.92 Å². The predicted molar refractivity (Wildman–Crippen MR) is 36.6 cm³/mol. The van der Waals surface area contributed by atoms with Crippen molar-refractivity contribution in [3.63, 3.8) is 0 Å². The van der Waals surface area contributed by atoms with Crippen molar-refractivity contribution in [3.8, 4) is 0 Å². The van der Waals surface area contributed by atoms with Gasteiger partial charge in [0.25, 0.3) is 0 Å². The first-order chi connectivity index (χ1) is 4.72. The molecule has 3 atom stereocenters. The number of aliphatic hydroxyl groups is 1. The van der Waals surface area contributed by atoms with Crippen molar-refractivity contribution in [2.45, 2.75) is 38.3 Å².